The standard InChI is InChI=1S/C27H28N2O5/c1-16-4-3-5-20(12-16)28-15-18(14-24(28)30)27(33)34-21-9-7-19(8-10-21)29-25(31)22-11-6-17(2)13-23(22)26(29)32/h3-5,7-10,12,17-18,22-23H,6,11,13-15H2,1-2H3/t17-,18+,22+,23-/m0/s1. The highest BCUT2D eigenvalue weighted by molar-refractivity contribution is 6.22. The van der Waals surface area contributed by atoms with Crippen LogP contribution in [0.2, 0.25) is 0 Å². The van der Waals surface area contributed by atoms with Crippen LogP contribution < -0.4 is 14.5 Å². The molecule has 0 unspecified atom stereocenters. The summed E-state index contributed by atoms with van der Waals surface area (Å²) in [4.78, 5) is 53.9. The van der Waals surface area contributed by atoms with Gasteiger partial charge in [0, 0.05) is 18.7 Å². The lowest BCUT2D eigenvalue weighted by molar-refractivity contribution is -0.139. The van der Waals surface area contributed by atoms with Gasteiger partial charge in [-0.1, -0.05) is 19.1 Å². The van der Waals surface area contributed by atoms with E-state index >= 15 is 0 Å². The van der Waals surface area contributed by atoms with Gasteiger partial charge in [-0.2, -0.15) is 0 Å². The zero-order valence-electron chi connectivity index (χ0n) is 19.4. The molecule has 2 aliphatic heterocycles. The number of benzene rings is 2. The largest absolute Gasteiger partial charge is 0.426 e. The van der Waals surface area contributed by atoms with Crippen molar-refractivity contribution in [2.75, 3.05) is 16.3 Å². The van der Waals surface area contributed by atoms with E-state index in [0.717, 1.165) is 30.5 Å². The lowest BCUT2D eigenvalue weighted by Crippen LogP contribution is -2.30. The molecule has 3 fully saturated rings. The van der Waals surface area contributed by atoms with Gasteiger partial charge in [0.1, 0.15) is 5.75 Å². The number of imide groups is 1. The fourth-order valence-electron chi connectivity index (χ4n) is 5.42. The molecule has 0 N–H and O–H groups in total. The molecule has 5 rings (SSSR count). The first-order valence-corrected chi connectivity index (χ1v) is 11.9. The predicted molar refractivity (Wildman–Crippen MR) is 126 cm³/mol. The van der Waals surface area contributed by atoms with E-state index in [2.05, 4.69) is 6.92 Å². The second kappa shape index (κ2) is 8.70. The number of rotatable bonds is 4. The Hall–Kier alpha value is -3.48. The number of ether oxygens (including phenoxy) is 1. The van der Waals surface area contributed by atoms with E-state index < -0.39 is 11.9 Å². The van der Waals surface area contributed by atoms with E-state index in [1.54, 1.807) is 29.2 Å². The minimum atomic E-state index is -0.556. The first-order valence-electron chi connectivity index (χ1n) is 11.9. The van der Waals surface area contributed by atoms with Crippen LogP contribution in [0.25, 0.3) is 0 Å². The van der Waals surface area contributed by atoms with Crippen LogP contribution in [0.15, 0.2) is 48.5 Å². The van der Waals surface area contributed by atoms with Gasteiger partial charge in [-0.25, -0.2) is 0 Å². The van der Waals surface area contributed by atoms with Crippen molar-refractivity contribution >= 4 is 35.1 Å². The van der Waals surface area contributed by atoms with Crippen LogP contribution in [0.4, 0.5) is 11.4 Å². The number of hydrogen-bond donors (Lipinski definition) is 0. The van der Waals surface area contributed by atoms with E-state index in [1.807, 2.05) is 31.2 Å². The molecule has 0 aromatic heterocycles. The molecule has 0 bridgehead atoms. The SMILES string of the molecule is Cc1cccc(N2C[C@H](C(=O)Oc3ccc(N4C(=O)[C@H]5C[C@@H](C)CC[C@H]5C4=O)cc3)CC2=O)c1. The van der Waals surface area contributed by atoms with E-state index in [0.29, 0.717) is 17.4 Å². The Morgan fingerprint density at radius 2 is 1.68 bits per heavy atom. The molecular weight excluding hydrogens is 432 g/mol. The summed E-state index contributed by atoms with van der Waals surface area (Å²) in [7, 11) is 0. The molecule has 3 aliphatic rings. The number of aryl methyl sites for hydroxylation is 1. The highest BCUT2D eigenvalue weighted by Crippen LogP contribution is 2.42. The van der Waals surface area contributed by atoms with E-state index in [1.165, 1.54) is 4.90 Å². The average Bonchev–Trinajstić information content (AvgIpc) is 3.32. The summed E-state index contributed by atoms with van der Waals surface area (Å²) in [5.74, 6) is -1.08. The number of nitrogens with zero attached hydrogens (tertiary/aromatic N) is 2. The second-order valence-electron chi connectivity index (χ2n) is 9.80. The zero-order valence-corrected chi connectivity index (χ0v) is 19.4. The minimum absolute atomic E-state index is 0.100. The quantitative estimate of drug-likeness (QED) is 0.393. The monoisotopic (exact) mass is 460 g/mol. The number of carbonyl (C=O) groups excluding carboxylic acids is 4. The van der Waals surface area contributed by atoms with Crippen molar-refractivity contribution in [2.24, 2.45) is 23.7 Å². The summed E-state index contributed by atoms with van der Waals surface area (Å²) in [6.07, 6.45) is 2.57. The van der Waals surface area contributed by atoms with Gasteiger partial charge in [-0.05, 0) is 74.1 Å². The van der Waals surface area contributed by atoms with Crippen molar-refractivity contribution in [1.29, 1.82) is 0 Å². The number of amides is 3. The summed E-state index contributed by atoms with van der Waals surface area (Å²) in [6.45, 7) is 4.35. The third-order valence-electron chi connectivity index (χ3n) is 7.27. The highest BCUT2D eigenvalue weighted by atomic mass is 16.5. The van der Waals surface area contributed by atoms with Crippen molar-refractivity contribution in [3.63, 3.8) is 0 Å². The zero-order chi connectivity index (χ0) is 24.0. The van der Waals surface area contributed by atoms with Crippen LogP contribution in [-0.2, 0) is 19.2 Å². The molecule has 2 saturated heterocycles. The van der Waals surface area contributed by atoms with Crippen LogP contribution in [0, 0.1) is 30.6 Å². The summed E-state index contributed by atoms with van der Waals surface area (Å²) in [5.41, 5.74) is 2.32. The minimum Gasteiger partial charge on any atom is -0.426 e. The van der Waals surface area contributed by atoms with Gasteiger partial charge in [0.05, 0.1) is 23.4 Å². The Morgan fingerprint density at radius 3 is 2.41 bits per heavy atom. The van der Waals surface area contributed by atoms with Gasteiger partial charge < -0.3 is 9.64 Å². The van der Waals surface area contributed by atoms with Crippen LogP contribution in [0.1, 0.15) is 38.2 Å². The summed E-state index contributed by atoms with van der Waals surface area (Å²) in [6, 6.07) is 14.1. The Kier molecular flexibility index (Phi) is 5.71. The van der Waals surface area contributed by atoms with E-state index in [9.17, 15) is 19.2 Å². The van der Waals surface area contributed by atoms with Crippen LogP contribution in [0.3, 0.4) is 0 Å². The summed E-state index contributed by atoms with van der Waals surface area (Å²) < 4.78 is 5.53. The Morgan fingerprint density at radius 1 is 0.941 bits per heavy atom. The third kappa shape index (κ3) is 4.00. The lowest BCUT2D eigenvalue weighted by atomic mass is 9.76. The highest BCUT2D eigenvalue weighted by Gasteiger charge is 2.50. The number of hydrogen-bond acceptors (Lipinski definition) is 5. The van der Waals surface area contributed by atoms with Crippen molar-refractivity contribution in [3.8, 4) is 5.75 Å². The second-order valence-corrected chi connectivity index (χ2v) is 9.80. The summed E-state index contributed by atoms with van der Waals surface area (Å²) in [5, 5.41) is 0. The normalized spacial score (nSPS) is 26.7. The maximum atomic E-state index is 12.9. The molecular formula is C27H28N2O5. The van der Waals surface area contributed by atoms with Gasteiger partial charge in [-0.15, -0.1) is 0 Å². The van der Waals surface area contributed by atoms with E-state index in [4.69, 9.17) is 4.74 Å². The number of anilines is 2. The van der Waals surface area contributed by atoms with Gasteiger partial charge >= 0.3 is 5.97 Å². The molecule has 7 nitrogen and oxygen atoms in total. The van der Waals surface area contributed by atoms with Gasteiger partial charge in [-0.3, -0.25) is 24.1 Å². The molecule has 7 heteroatoms. The first kappa shape index (κ1) is 22.3. The molecule has 0 radical (unpaired) electrons. The molecule has 0 spiro atoms. The maximum absolute atomic E-state index is 12.9. The molecule has 2 aromatic carbocycles. The van der Waals surface area contributed by atoms with Crippen molar-refractivity contribution < 1.29 is 23.9 Å². The Bertz CT molecular complexity index is 1160. The Balaban J connectivity index is 1.24. The van der Waals surface area contributed by atoms with Crippen molar-refractivity contribution in [1.82, 2.24) is 0 Å². The van der Waals surface area contributed by atoms with Gasteiger partial charge in [0.15, 0.2) is 0 Å². The topological polar surface area (TPSA) is 84.0 Å². The van der Waals surface area contributed by atoms with Gasteiger partial charge in [0.2, 0.25) is 17.7 Å². The van der Waals surface area contributed by atoms with Crippen molar-refractivity contribution in [2.45, 2.75) is 39.5 Å². The smallest absolute Gasteiger partial charge is 0.316 e. The van der Waals surface area contributed by atoms with Crippen molar-refractivity contribution in [3.05, 3.63) is 54.1 Å². The molecule has 1 aliphatic carbocycles. The summed E-state index contributed by atoms with van der Waals surface area (Å²) >= 11 is 0. The molecule has 2 heterocycles. The van der Waals surface area contributed by atoms with Gasteiger partial charge in [0.25, 0.3) is 0 Å². The van der Waals surface area contributed by atoms with E-state index in [-0.39, 0.29) is 42.5 Å². The molecule has 176 valence electrons. The average molecular weight is 461 g/mol. The van der Waals surface area contributed by atoms with Crippen LogP contribution in [-0.4, -0.2) is 30.2 Å². The number of fused-ring (bicyclic) bond motifs is 1. The molecule has 1 saturated carbocycles. The molecule has 34 heavy (non-hydrogen) atoms. The fraction of sp³-hybridized carbons (Fsp3) is 0.407. The van der Waals surface area contributed by atoms with Crippen LogP contribution in [0.5, 0.6) is 5.75 Å². The fourth-order valence-corrected chi connectivity index (χ4v) is 5.42. The number of carbonyl (C=O) groups is 4. The van der Waals surface area contributed by atoms with Crippen LogP contribution >= 0.6 is 0 Å². The predicted octanol–water partition coefficient (Wildman–Crippen LogP) is 3.88. The Labute approximate surface area is 198 Å². The maximum Gasteiger partial charge on any atom is 0.316 e. The number of esters is 1. The third-order valence-corrected chi connectivity index (χ3v) is 7.27. The lowest BCUT2D eigenvalue weighted by Gasteiger charge is -2.25. The first-order chi connectivity index (χ1) is 16.3. The molecule has 2 aromatic rings. The molecule has 4 atom stereocenters. The molecule has 3 amide bonds.